The highest BCUT2D eigenvalue weighted by molar-refractivity contribution is 5.61. The van der Waals surface area contributed by atoms with Crippen LogP contribution in [-0.4, -0.2) is 32.3 Å². The molecule has 1 N–H and O–H groups in total. The van der Waals surface area contributed by atoms with Crippen molar-refractivity contribution in [2.75, 3.05) is 36.5 Å². The minimum atomic E-state index is 0.506. The molecule has 0 saturated carbocycles. The summed E-state index contributed by atoms with van der Waals surface area (Å²) in [5, 5.41) is 3.52. The predicted octanol–water partition coefficient (Wildman–Crippen LogP) is 2.41. The van der Waals surface area contributed by atoms with Crippen LogP contribution in [0.2, 0.25) is 0 Å². The summed E-state index contributed by atoms with van der Waals surface area (Å²) in [5.74, 6) is 0. The minimum absolute atomic E-state index is 0.506. The fraction of sp³-hybridized carbons (Fsp3) is 0.571. The SMILES string of the molecule is Cc1cc(N2CCCC2)ccc1NC1COC1. The Morgan fingerprint density at radius 1 is 1.24 bits per heavy atom. The fourth-order valence-electron chi connectivity index (χ4n) is 2.52. The Morgan fingerprint density at radius 3 is 2.59 bits per heavy atom. The van der Waals surface area contributed by atoms with Crippen LogP contribution >= 0.6 is 0 Å². The monoisotopic (exact) mass is 232 g/mol. The first-order valence-corrected chi connectivity index (χ1v) is 6.53. The molecule has 0 spiro atoms. The molecule has 92 valence electrons. The lowest BCUT2D eigenvalue weighted by Gasteiger charge is -2.29. The molecular weight excluding hydrogens is 212 g/mol. The standard InChI is InChI=1S/C14H20N2O/c1-11-8-13(16-6-2-3-7-16)4-5-14(11)15-12-9-17-10-12/h4-5,8,12,15H,2-3,6-7,9-10H2,1H3. The summed E-state index contributed by atoms with van der Waals surface area (Å²) in [4.78, 5) is 2.48. The number of benzene rings is 1. The molecule has 2 aliphatic heterocycles. The molecule has 0 radical (unpaired) electrons. The van der Waals surface area contributed by atoms with Crippen LogP contribution in [0.1, 0.15) is 18.4 Å². The van der Waals surface area contributed by atoms with Crippen LogP contribution in [0, 0.1) is 6.92 Å². The van der Waals surface area contributed by atoms with Gasteiger partial charge in [-0.05, 0) is 43.5 Å². The van der Waals surface area contributed by atoms with Gasteiger partial charge in [0.05, 0.1) is 19.3 Å². The zero-order valence-corrected chi connectivity index (χ0v) is 10.4. The molecule has 2 fully saturated rings. The van der Waals surface area contributed by atoms with Gasteiger partial charge in [-0.15, -0.1) is 0 Å². The Bertz CT molecular complexity index is 395. The highest BCUT2D eigenvalue weighted by Crippen LogP contribution is 2.26. The van der Waals surface area contributed by atoms with E-state index < -0.39 is 0 Å². The van der Waals surface area contributed by atoms with E-state index in [2.05, 4.69) is 35.3 Å². The van der Waals surface area contributed by atoms with Gasteiger partial charge in [0.15, 0.2) is 0 Å². The first kappa shape index (κ1) is 10.9. The maximum Gasteiger partial charge on any atom is 0.0728 e. The molecule has 2 heterocycles. The molecule has 2 saturated heterocycles. The number of ether oxygens (including phenoxy) is 1. The molecule has 0 amide bonds. The van der Waals surface area contributed by atoms with Crippen molar-refractivity contribution in [1.29, 1.82) is 0 Å². The third-order valence-corrected chi connectivity index (χ3v) is 3.68. The van der Waals surface area contributed by atoms with Crippen LogP contribution in [0.5, 0.6) is 0 Å². The lowest BCUT2D eigenvalue weighted by atomic mass is 10.1. The summed E-state index contributed by atoms with van der Waals surface area (Å²) >= 11 is 0. The average Bonchev–Trinajstić information content (AvgIpc) is 2.78. The Balaban J connectivity index is 1.73. The maximum absolute atomic E-state index is 5.18. The molecule has 3 rings (SSSR count). The van der Waals surface area contributed by atoms with Crippen LogP contribution in [0.15, 0.2) is 18.2 Å². The Kier molecular flexibility index (Phi) is 2.93. The largest absolute Gasteiger partial charge is 0.377 e. The van der Waals surface area contributed by atoms with Gasteiger partial charge in [0.2, 0.25) is 0 Å². The molecule has 1 aromatic carbocycles. The normalized spacial score (nSPS) is 20.4. The highest BCUT2D eigenvalue weighted by Gasteiger charge is 2.19. The average molecular weight is 232 g/mol. The fourth-order valence-corrected chi connectivity index (χ4v) is 2.52. The first-order chi connectivity index (χ1) is 8.33. The number of nitrogens with one attached hydrogen (secondary N) is 1. The van der Waals surface area contributed by atoms with E-state index in [0.29, 0.717) is 6.04 Å². The highest BCUT2D eigenvalue weighted by atomic mass is 16.5. The molecule has 0 unspecified atom stereocenters. The van der Waals surface area contributed by atoms with Crippen LogP contribution in [-0.2, 0) is 4.74 Å². The van der Waals surface area contributed by atoms with E-state index in [1.165, 1.54) is 42.9 Å². The van der Waals surface area contributed by atoms with Gasteiger partial charge in [0.25, 0.3) is 0 Å². The third-order valence-electron chi connectivity index (χ3n) is 3.68. The lowest BCUT2D eigenvalue weighted by molar-refractivity contribution is 0.0211. The number of hydrogen-bond donors (Lipinski definition) is 1. The molecule has 1 aromatic rings. The molecule has 0 aromatic heterocycles. The van der Waals surface area contributed by atoms with Crippen molar-refractivity contribution in [1.82, 2.24) is 0 Å². The summed E-state index contributed by atoms with van der Waals surface area (Å²) in [6.07, 6.45) is 2.66. The van der Waals surface area contributed by atoms with Crippen molar-refractivity contribution in [3.05, 3.63) is 23.8 Å². The van der Waals surface area contributed by atoms with Crippen molar-refractivity contribution in [2.24, 2.45) is 0 Å². The summed E-state index contributed by atoms with van der Waals surface area (Å²) in [7, 11) is 0. The van der Waals surface area contributed by atoms with Crippen LogP contribution in [0.25, 0.3) is 0 Å². The van der Waals surface area contributed by atoms with E-state index >= 15 is 0 Å². The van der Waals surface area contributed by atoms with E-state index in [1.54, 1.807) is 0 Å². The van der Waals surface area contributed by atoms with Gasteiger partial charge in [-0.3, -0.25) is 0 Å². The number of hydrogen-bond acceptors (Lipinski definition) is 3. The topological polar surface area (TPSA) is 24.5 Å². The Hall–Kier alpha value is -1.22. The molecule has 0 atom stereocenters. The van der Waals surface area contributed by atoms with E-state index in [0.717, 1.165) is 13.2 Å². The number of rotatable bonds is 3. The molecule has 3 heteroatoms. The van der Waals surface area contributed by atoms with Gasteiger partial charge in [-0.2, -0.15) is 0 Å². The Labute approximate surface area is 103 Å². The third kappa shape index (κ3) is 2.25. The zero-order valence-electron chi connectivity index (χ0n) is 10.4. The zero-order chi connectivity index (χ0) is 11.7. The lowest BCUT2D eigenvalue weighted by Crippen LogP contribution is -2.40. The van der Waals surface area contributed by atoms with Gasteiger partial charge in [0.1, 0.15) is 0 Å². The summed E-state index contributed by atoms with van der Waals surface area (Å²) in [6, 6.07) is 7.25. The predicted molar refractivity (Wildman–Crippen MR) is 70.9 cm³/mol. The molecule has 0 aliphatic carbocycles. The van der Waals surface area contributed by atoms with Crippen LogP contribution in [0.3, 0.4) is 0 Å². The van der Waals surface area contributed by atoms with E-state index in [9.17, 15) is 0 Å². The molecule has 2 aliphatic rings. The Morgan fingerprint density at radius 2 is 2.00 bits per heavy atom. The van der Waals surface area contributed by atoms with Gasteiger partial charge >= 0.3 is 0 Å². The second kappa shape index (κ2) is 4.57. The second-order valence-corrected chi connectivity index (χ2v) is 5.07. The number of anilines is 2. The quantitative estimate of drug-likeness (QED) is 0.866. The smallest absolute Gasteiger partial charge is 0.0728 e. The molecular formula is C14H20N2O. The van der Waals surface area contributed by atoms with Crippen LogP contribution < -0.4 is 10.2 Å². The van der Waals surface area contributed by atoms with Gasteiger partial charge in [-0.25, -0.2) is 0 Å². The van der Waals surface area contributed by atoms with Crippen LogP contribution in [0.4, 0.5) is 11.4 Å². The summed E-state index contributed by atoms with van der Waals surface area (Å²) in [6.45, 7) is 6.29. The van der Waals surface area contributed by atoms with E-state index in [4.69, 9.17) is 4.74 Å². The van der Waals surface area contributed by atoms with Crippen molar-refractivity contribution in [3.8, 4) is 0 Å². The van der Waals surface area contributed by atoms with Crippen molar-refractivity contribution in [2.45, 2.75) is 25.8 Å². The van der Waals surface area contributed by atoms with Crippen molar-refractivity contribution in [3.63, 3.8) is 0 Å². The minimum Gasteiger partial charge on any atom is -0.377 e. The van der Waals surface area contributed by atoms with Crippen molar-refractivity contribution >= 4 is 11.4 Å². The first-order valence-electron chi connectivity index (χ1n) is 6.53. The van der Waals surface area contributed by atoms with E-state index in [1.807, 2.05) is 0 Å². The number of aryl methyl sites for hydroxylation is 1. The second-order valence-electron chi connectivity index (χ2n) is 5.07. The van der Waals surface area contributed by atoms with Crippen molar-refractivity contribution < 1.29 is 4.74 Å². The molecule has 17 heavy (non-hydrogen) atoms. The van der Waals surface area contributed by atoms with Gasteiger partial charge in [0, 0.05) is 24.5 Å². The molecule has 3 nitrogen and oxygen atoms in total. The van der Waals surface area contributed by atoms with Gasteiger partial charge < -0.3 is 15.0 Å². The number of nitrogens with zero attached hydrogens (tertiary/aromatic N) is 1. The summed E-state index contributed by atoms with van der Waals surface area (Å²) < 4.78 is 5.18. The maximum atomic E-state index is 5.18. The molecule has 0 bridgehead atoms. The van der Waals surface area contributed by atoms with E-state index in [-0.39, 0.29) is 0 Å². The summed E-state index contributed by atoms with van der Waals surface area (Å²) in [5.41, 5.74) is 3.96. The van der Waals surface area contributed by atoms with Gasteiger partial charge in [-0.1, -0.05) is 0 Å².